The van der Waals surface area contributed by atoms with Crippen LogP contribution in [0.5, 0.6) is 0 Å². The molecular formula is C12H18N4O2. The molecular weight excluding hydrogens is 232 g/mol. The fourth-order valence-corrected chi connectivity index (χ4v) is 2.23. The molecule has 0 amide bonds. The third-order valence-corrected chi connectivity index (χ3v) is 3.35. The van der Waals surface area contributed by atoms with Gasteiger partial charge in [-0.05, 0) is 41.4 Å². The van der Waals surface area contributed by atoms with Crippen LogP contribution >= 0.6 is 0 Å². The maximum absolute atomic E-state index is 10.5. The van der Waals surface area contributed by atoms with E-state index in [1.54, 1.807) is 6.07 Å². The Morgan fingerprint density at radius 3 is 3.00 bits per heavy atom. The largest absolute Gasteiger partial charge is 0.382 e. The Balaban J connectivity index is 1.82. The first-order valence-electron chi connectivity index (χ1n) is 6.25. The van der Waals surface area contributed by atoms with Crippen molar-refractivity contribution in [3.8, 4) is 0 Å². The molecule has 6 heteroatoms. The van der Waals surface area contributed by atoms with Crippen LogP contribution in [0.1, 0.15) is 13.3 Å². The molecule has 98 valence electrons. The zero-order valence-corrected chi connectivity index (χ0v) is 10.5. The molecule has 0 aliphatic carbocycles. The van der Waals surface area contributed by atoms with Crippen LogP contribution in [0.3, 0.4) is 0 Å². The van der Waals surface area contributed by atoms with Crippen molar-refractivity contribution in [1.82, 2.24) is 9.88 Å². The number of likely N-dealkylation sites (tertiary alicyclic amines) is 1. The number of hydrogen-bond donors (Lipinski definition) is 1. The highest BCUT2D eigenvalue weighted by Gasteiger charge is 2.20. The first kappa shape index (κ1) is 12.8. The lowest BCUT2D eigenvalue weighted by Crippen LogP contribution is -2.22. The van der Waals surface area contributed by atoms with Gasteiger partial charge in [-0.2, -0.15) is 0 Å². The van der Waals surface area contributed by atoms with Crippen LogP contribution in [0.2, 0.25) is 0 Å². The van der Waals surface area contributed by atoms with E-state index < -0.39 is 4.92 Å². The minimum atomic E-state index is -0.486. The van der Waals surface area contributed by atoms with Crippen molar-refractivity contribution in [2.24, 2.45) is 5.92 Å². The van der Waals surface area contributed by atoms with Crippen LogP contribution < -0.4 is 5.32 Å². The van der Waals surface area contributed by atoms with Gasteiger partial charge in [-0.25, -0.2) is 0 Å². The molecule has 1 unspecified atom stereocenters. The summed E-state index contributed by atoms with van der Waals surface area (Å²) in [7, 11) is 0. The molecule has 2 rings (SSSR count). The van der Waals surface area contributed by atoms with Crippen molar-refractivity contribution in [2.75, 3.05) is 31.5 Å². The summed E-state index contributed by atoms with van der Waals surface area (Å²) < 4.78 is 0. The zero-order chi connectivity index (χ0) is 13.0. The molecule has 1 atom stereocenters. The average Bonchev–Trinajstić information content (AvgIpc) is 2.85. The van der Waals surface area contributed by atoms with Gasteiger partial charge in [0.2, 0.25) is 0 Å². The fourth-order valence-electron chi connectivity index (χ4n) is 2.23. The van der Waals surface area contributed by atoms with Gasteiger partial charge in [0.15, 0.2) is 6.20 Å². The van der Waals surface area contributed by atoms with Gasteiger partial charge in [0.05, 0.1) is 5.69 Å². The van der Waals surface area contributed by atoms with Crippen LogP contribution in [0.4, 0.5) is 11.5 Å². The molecule has 1 aromatic heterocycles. The summed E-state index contributed by atoms with van der Waals surface area (Å²) in [4.78, 5) is 16.2. The quantitative estimate of drug-likeness (QED) is 0.636. The van der Waals surface area contributed by atoms with E-state index in [1.165, 1.54) is 25.2 Å². The predicted octanol–water partition coefficient (Wildman–Crippen LogP) is 1.74. The van der Waals surface area contributed by atoms with Crippen molar-refractivity contribution in [3.63, 3.8) is 0 Å². The number of rotatable bonds is 5. The molecule has 1 fully saturated rings. The SMILES string of the molecule is CCN1CCC(CNc2ccc([N+](=O)[O-])nc2)C1. The molecule has 1 aliphatic heterocycles. The first-order valence-corrected chi connectivity index (χ1v) is 6.25. The number of aromatic nitrogens is 1. The minimum absolute atomic E-state index is 0.112. The lowest BCUT2D eigenvalue weighted by atomic mass is 10.1. The molecule has 1 N–H and O–H groups in total. The summed E-state index contributed by atoms with van der Waals surface area (Å²) in [5.41, 5.74) is 0.843. The molecule has 18 heavy (non-hydrogen) atoms. The second kappa shape index (κ2) is 5.77. The van der Waals surface area contributed by atoms with Gasteiger partial charge in [-0.1, -0.05) is 6.92 Å². The van der Waals surface area contributed by atoms with Gasteiger partial charge >= 0.3 is 5.82 Å². The Morgan fingerprint density at radius 2 is 2.44 bits per heavy atom. The van der Waals surface area contributed by atoms with E-state index in [0.29, 0.717) is 5.92 Å². The first-order chi connectivity index (χ1) is 8.69. The van der Waals surface area contributed by atoms with Crippen LogP contribution in [-0.2, 0) is 0 Å². The van der Waals surface area contributed by atoms with E-state index in [4.69, 9.17) is 0 Å². The molecule has 2 heterocycles. The van der Waals surface area contributed by atoms with Crippen LogP contribution in [-0.4, -0.2) is 41.0 Å². The van der Waals surface area contributed by atoms with Crippen LogP contribution in [0.25, 0.3) is 0 Å². The molecule has 0 saturated carbocycles. The Bertz CT molecular complexity index is 407. The van der Waals surface area contributed by atoms with Crippen molar-refractivity contribution < 1.29 is 4.92 Å². The van der Waals surface area contributed by atoms with Crippen molar-refractivity contribution in [2.45, 2.75) is 13.3 Å². The normalized spacial score (nSPS) is 19.9. The van der Waals surface area contributed by atoms with E-state index in [1.807, 2.05) is 0 Å². The maximum Gasteiger partial charge on any atom is 0.363 e. The molecule has 1 saturated heterocycles. The zero-order valence-electron chi connectivity index (χ0n) is 10.5. The summed E-state index contributed by atoms with van der Waals surface area (Å²) in [5, 5.41) is 13.8. The third-order valence-electron chi connectivity index (χ3n) is 3.35. The number of nitrogens with zero attached hydrogens (tertiary/aromatic N) is 3. The summed E-state index contributed by atoms with van der Waals surface area (Å²) in [6, 6.07) is 3.13. The summed E-state index contributed by atoms with van der Waals surface area (Å²) in [5.74, 6) is 0.540. The highest BCUT2D eigenvalue weighted by Crippen LogP contribution is 2.17. The highest BCUT2D eigenvalue weighted by molar-refractivity contribution is 5.43. The topological polar surface area (TPSA) is 71.3 Å². The van der Waals surface area contributed by atoms with Gasteiger partial charge in [-0.15, -0.1) is 0 Å². The Morgan fingerprint density at radius 1 is 1.61 bits per heavy atom. The number of hydrogen-bond acceptors (Lipinski definition) is 5. The molecule has 1 aliphatic rings. The minimum Gasteiger partial charge on any atom is -0.382 e. The Hall–Kier alpha value is -1.69. The van der Waals surface area contributed by atoms with Crippen molar-refractivity contribution in [3.05, 3.63) is 28.4 Å². The standard InChI is InChI=1S/C12H18N4O2/c1-2-15-6-5-10(9-15)7-13-11-3-4-12(14-8-11)16(17)18/h3-4,8,10,13H,2,5-7,9H2,1H3. The second-order valence-corrected chi connectivity index (χ2v) is 4.59. The lowest BCUT2D eigenvalue weighted by Gasteiger charge is -2.13. The Labute approximate surface area is 106 Å². The number of pyridine rings is 1. The van der Waals surface area contributed by atoms with E-state index >= 15 is 0 Å². The highest BCUT2D eigenvalue weighted by atomic mass is 16.6. The van der Waals surface area contributed by atoms with E-state index in [9.17, 15) is 10.1 Å². The van der Waals surface area contributed by atoms with E-state index in [-0.39, 0.29) is 5.82 Å². The summed E-state index contributed by atoms with van der Waals surface area (Å²) in [6.07, 6.45) is 2.73. The maximum atomic E-state index is 10.5. The molecule has 1 aromatic rings. The molecule has 6 nitrogen and oxygen atoms in total. The lowest BCUT2D eigenvalue weighted by molar-refractivity contribution is -0.389. The molecule has 0 radical (unpaired) electrons. The number of nitrogens with one attached hydrogen (secondary N) is 1. The van der Waals surface area contributed by atoms with Gasteiger partial charge < -0.3 is 20.3 Å². The Kier molecular flexibility index (Phi) is 4.09. The molecule has 0 bridgehead atoms. The third kappa shape index (κ3) is 3.16. The average molecular weight is 250 g/mol. The van der Waals surface area contributed by atoms with Crippen LogP contribution in [0, 0.1) is 16.0 Å². The van der Waals surface area contributed by atoms with Crippen LogP contribution in [0.15, 0.2) is 18.3 Å². The number of anilines is 1. The molecule has 0 aromatic carbocycles. The monoisotopic (exact) mass is 250 g/mol. The van der Waals surface area contributed by atoms with E-state index in [0.717, 1.165) is 25.3 Å². The van der Waals surface area contributed by atoms with Gasteiger partial charge in [0.25, 0.3) is 0 Å². The predicted molar refractivity (Wildman–Crippen MR) is 69.6 cm³/mol. The fraction of sp³-hybridized carbons (Fsp3) is 0.583. The smallest absolute Gasteiger partial charge is 0.363 e. The van der Waals surface area contributed by atoms with Gasteiger partial charge in [0, 0.05) is 19.2 Å². The summed E-state index contributed by atoms with van der Waals surface area (Å²) >= 11 is 0. The van der Waals surface area contributed by atoms with Crippen molar-refractivity contribution >= 4 is 11.5 Å². The van der Waals surface area contributed by atoms with E-state index in [2.05, 4.69) is 22.1 Å². The van der Waals surface area contributed by atoms with Gasteiger partial charge in [-0.3, -0.25) is 0 Å². The van der Waals surface area contributed by atoms with Gasteiger partial charge in [0.1, 0.15) is 0 Å². The number of nitro groups is 1. The molecule has 0 spiro atoms. The summed E-state index contributed by atoms with van der Waals surface area (Å²) in [6.45, 7) is 6.48. The second-order valence-electron chi connectivity index (χ2n) is 4.59. The van der Waals surface area contributed by atoms with Crippen molar-refractivity contribution in [1.29, 1.82) is 0 Å².